The van der Waals surface area contributed by atoms with E-state index in [0.717, 1.165) is 0 Å². The third kappa shape index (κ3) is 5.00. The molecule has 6 nitrogen and oxygen atoms in total. The zero-order valence-corrected chi connectivity index (χ0v) is 16.2. The highest BCUT2D eigenvalue weighted by molar-refractivity contribution is 6.60. The number of aliphatic hydroxyl groups is 1. The molecule has 1 atom stereocenters. The van der Waals surface area contributed by atoms with Gasteiger partial charge in [0.2, 0.25) is 0 Å². The molecule has 0 aliphatic rings. The fourth-order valence-electron chi connectivity index (χ4n) is 2.56. The second kappa shape index (κ2) is 9.61. The highest BCUT2D eigenvalue weighted by Gasteiger charge is 2.38. The summed E-state index contributed by atoms with van der Waals surface area (Å²) in [4.78, 5) is 12.7. The molecule has 0 saturated carbocycles. The normalized spacial score (nSPS) is 12.6. The molecule has 0 aromatic heterocycles. The summed E-state index contributed by atoms with van der Waals surface area (Å²) in [5.74, 6) is 0.163. The Morgan fingerprint density at radius 3 is 2.15 bits per heavy atom. The smallest absolute Gasteiger partial charge is 0.464 e. The van der Waals surface area contributed by atoms with Crippen molar-refractivity contribution in [1.29, 1.82) is 0 Å². The predicted octanol–water partition coefficient (Wildman–Crippen LogP) is 2.88. The van der Waals surface area contributed by atoms with Gasteiger partial charge in [0.1, 0.15) is 5.75 Å². The number of para-hydroxylation sites is 1. The number of hydrogen-bond acceptors (Lipinski definition) is 6. The maximum atomic E-state index is 12.7. The van der Waals surface area contributed by atoms with Gasteiger partial charge in [-0.25, -0.2) is 0 Å². The molecule has 1 unspecified atom stereocenters. The van der Waals surface area contributed by atoms with Gasteiger partial charge in [-0.3, -0.25) is 4.79 Å². The van der Waals surface area contributed by atoms with Crippen LogP contribution in [0, 0.1) is 0 Å². The van der Waals surface area contributed by atoms with E-state index in [0.29, 0.717) is 22.9 Å². The first-order chi connectivity index (χ1) is 12.5. The SMILES string of the molecule is CO[Si](CCC(O)Oc1ccccc1C(=O)c1ccccc1)(OC)OC. The molecule has 0 fully saturated rings. The van der Waals surface area contributed by atoms with Crippen LogP contribution in [0.4, 0.5) is 0 Å². The van der Waals surface area contributed by atoms with Crippen molar-refractivity contribution >= 4 is 14.6 Å². The lowest BCUT2D eigenvalue weighted by Gasteiger charge is -2.25. The first-order valence-corrected chi connectivity index (χ1v) is 10.2. The monoisotopic (exact) mass is 376 g/mol. The van der Waals surface area contributed by atoms with Crippen molar-refractivity contribution in [3.05, 3.63) is 65.7 Å². The molecular formula is C19H24O6Si. The van der Waals surface area contributed by atoms with E-state index in [4.69, 9.17) is 18.0 Å². The largest absolute Gasteiger partial charge is 0.500 e. The van der Waals surface area contributed by atoms with Crippen LogP contribution in [0.25, 0.3) is 0 Å². The molecule has 1 N–H and O–H groups in total. The average molecular weight is 376 g/mol. The zero-order valence-electron chi connectivity index (χ0n) is 15.2. The first kappa shape index (κ1) is 20.3. The molecule has 0 aliphatic carbocycles. The second-order valence-corrected chi connectivity index (χ2v) is 8.69. The van der Waals surface area contributed by atoms with Gasteiger partial charge in [0.05, 0.1) is 5.56 Å². The first-order valence-electron chi connectivity index (χ1n) is 8.24. The molecule has 0 aliphatic heterocycles. The summed E-state index contributed by atoms with van der Waals surface area (Å²) in [6.45, 7) is 0. The van der Waals surface area contributed by atoms with Crippen molar-refractivity contribution in [2.45, 2.75) is 18.8 Å². The van der Waals surface area contributed by atoms with Crippen LogP contribution in [0.3, 0.4) is 0 Å². The molecule has 0 radical (unpaired) electrons. The topological polar surface area (TPSA) is 74.2 Å². The average Bonchev–Trinajstić information content (AvgIpc) is 2.70. The Labute approximate surface area is 154 Å². The van der Waals surface area contributed by atoms with Crippen LogP contribution in [0.1, 0.15) is 22.3 Å². The molecule has 7 heteroatoms. The van der Waals surface area contributed by atoms with Gasteiger partial charge in [-0.05, 0) is 12.1 Å². The van der Waals surface area contributed by atoms with E-state index in [1.807, 2.05) is 6.07 Å². The molecule has 2 aromatic rings. The Balaban J connectivity index is 2.09. The number of carbonyl (C=O) groups is 1. The van der Waals surface area contributed by atoms with Crippen molar-refractivity contribution in [1.82, 2.24) is 0 Å². The Hall–Kier alpha value is -2.03. The Morgan fingerprint density at radius 2 is 1.54 bits per heavy atom. The third-order valence-corrected chi connectivity index (χ3v) is 6.83. The fraction of sp³-hybridized carbons (Fsp3) is 0.316. The van der Waals surface area contributed by atoms with Crippen molar-refractivity contribution in [3.8, 4) is 5.75 Å². The minimum atomic E-state index is -2.79. The second-order valence-electron chi connectivity index (χ2n) is 5.60. The third-order valence-electron chi connectivity index (χ3n) is 4.06. The van der Waals surface area contributed by atoms with Crippen LogP contribution < -0.4 is 4.74 Å². The molecule has 2 aromatic carbocycles. The van der Waals surface area contributed by atoms with Crippen LogP contribution in [-0.4, -0.2) is 47.3 Å². The van der Waals surface area contributed by atoms with Gasteiger partial charge in [0, 0.05) is 39.4 Å². The number of carbonyl (C=O) groups excluding carboxylic acids is 1. The van der Waals surface area contributed by atoms with Gasteiger partial charge in [0.25, 0.3) is 0 Å². The van der Waals surface area contributed by atoms with Crippen LogP contribution in [0.5, 0.6) is 5.75 Å². The van der Waals surface area contributed by atoms with Gasteiger partial charge < -0.3 is 23.1 Å². The van der Waals surface area contributed by atoms with Crippen molar-refractivity contribution in [3.63, 3.8) is 0 Å². The van der Waals surface area contributed by atoms with Crippen LogP contribution in [-0.2, 0) is 13.3 Å². The van der Waals surface area contributed by atoms with Gasteiger partial charge in [0.15, 0.2) is 12.1 Å². The van der Waals surface area contributed by atoms with E-state index in [1.54, 1.807) is 48.5 Å². The summed E-state index contributed by atoms with van der Waals surface area (Å²) in [6.07, 6.45) is -0.873. The fourth-order valence-corrected chi connectivity index (χ4v) is 4.28. The summed E-state index contributed by atoms with van der Waals surface area (Å²) in [5, 5.41) is 10.3. The maximum absolute atomic E-state index is 12.7. The standard InChI is InChI=1S/C19H24O6Si/c1-22-26(23-2,24-3)14-13-18(20)25-17-12-8-7-11-16(17)19(21)15-9-5-4-6-10-15/h4-12,18,20H,13-14H2,1-3H3. The molecule has 0 heterocycles. The lowest BCUT2D eigenvalue weighted by Crippen LogP contribution is -2.43. The van der Waals surface area contributed by atoms with E-state index in [2.05, 4.69) is 0 Å². The molecule has 0 spiro atoms. The minimum Gasteiger partial charge on any atom is -0.464 e. The molecule has 0 bridgehead atoms. The summed E-state index contributed by atoms with van der Waals surface area (Å²) in [7, 11) is 1.75. The number of ether oxygens (including phenoxy) is 1. The number of benzene rings is 2. The highest BCUT2D eigenvalue weighted by atomic mass is 28.4. The van der Waals surface area contributed by atoms with Gasteiger partial charge in [-0.15, -0.1) is 0 Å². The molecular weight excluding hydrogens is 352 g/mol. The quantitative estimate of drug-likeness (QED) is 0.390. The Bertz CT molecular complexity index is 694. The van der Waals surface area contributed by atoms with Crippen molar-refractivity contribution in [2.75, 3.05) is 21.3 Å². The van der Waals surface area contributed by atoms with E-state index in [1.165, 1.54) is 21.3 Å². The number of hydrogen-bond donors (Lipinski definition) is 1. The summed E-state index contributed by atoms with van der Waals surface area (Å²) in [5.41, 5.74) is 0.953. The van der Waals surface area contributed by atoms with Gasteiger partial charge in [-0.1, -0.05) is 42.5 Å². The molecule has 2 rings (SSSR count). The molecule has 140 valence electrons. The lowest BCUT2D eigenvalue weighted by atomic mass is 10.0. The van der Waals surface area contributed by atoms with Gasteiger partial charge >= 0.3 is 8.80 Å². The minimum absolute atomic E-state index is 0.164. The van der Waals surface area contributed by atoms with Gasteiger partial charge in [-0.2, -0.15) is 0 Å². The van der Waals surface area contributed by atoms with Crippen molar-refractivity contribution < 1.29 is 27.9 Å². The summed E-state index contributed by atoms with van der Waals surface area (Å²) < 4.78 is 21.6. The molecule has 26 heavy (non-hydrogen) atoms. The van der Waals surface area contributed by atoms with Crippen LogP contribution >= 0.6 is 0 Å². The number of aliphatic hydroxyl groups excluding tert-OH is 1. The van der Waals surface area contributed by atoms with E-state index in [9.17, 15) is 9.90 Å². The Morgan fingerprint density at radius 1 is 0.962 bits per heavy atom. The lowest BCUT2D eigenvalue weighted by molar-refractivity contribution is -0.0235. The maximum Gasteiger partial charge on any atom is 0.500 e. The van der Waals surface area contributed by atoms with Crippen LogP contribution in [0.15, 0.2) is 54.6 Å². The molecule has 0 amide bonds. The Kier molecular flexibility index (Phi) is 7.49. The molecule has 0 saturated heterocycles. The van der Waals surface area contributed by atoms with E-state index in [-0.39, 0.29) is 12.2 Å². The van der Waals surface area contributed by atoms with Crippen molar-refractivity contribution in [2.24, 2.45) is 0 Å². The summed E-state index contributed by atoms with van der Waals surface area (Å²) in [6, 6.07) is 16.2. The number of rotatable bonds is 10. The zero-order chi connectivity index (χ0) is 19.0. The van der Waals surface area contributed by atoms with E-state index < -0.39 is 15.1 Å². The predicted molar refractivity (Wildman–Crippen MR) is 99.2 cm³/mol. The number of ketones is 1. The van der Waals surface area contributed by atoms with Crippen LogP contribution in [0.2, 0.25) is 6.04 Å². The summed E-state index contributed by atoms with van der Waals surface area (Å²) >= 11 is 0. The van der Waals surface area contributed by atoms with E-state index >= 15 is 0 Å². The highest BCUT2D eigenvalue weighted by Crippen LogP contribution is 2.24.